The smallest absolute Gasteiger partial charge is 0.188 e. The Morgan fingerprint density at radius 1 is 1.10 bits per heavy atom. The molecule has 0 saturated carbocycles. The summed E-state index contributed by atoms with van der Waals surface area (Å²) >= 11 is 8.85. The molecule has 0 saturated heterocycles. The van der Waals surface area contributed by atoms with Crippen molar-refractivity contribution in [2.45, 2.75) is 16.1 Å². The summed E-state index contributed by atoms with van der Waals surface area (Å²) in [6, 6.07) is 0. The highest BCUT2D eigenvalue weighted by Crippen LogP contribution is 2.21. The van der Waals surface area contributed by atoms with E-state index in [-0.39, 0.29) is 0 Å². The van der Waals surface area contributed by atoms with Crippen molar-refractivity contribution in [2.24, 2.45) is 0 Å². The van der Waals surface area contributed by atoms with Gasteiger partial charge in [-0.05, 0) is 12.5 Å². The van der Waals surface area contributed by atoms with Gasteiger partial charge in [0.2, 0.25) is 0 Å². The molecule has 0 aliphatic carbocycles. The first-order chi connectivity index (χ1) is 9.37. The van der Waals surface area contributed by atoms with Crippen LogP contribution in [0.5, 0.6) is 0 Å². The summed E-state index contributed by atoms with van der Waals surface area (Å²) in [4.78, 5) is 8.44. The molecule has 0 N–H and O–H groups in total. The highest BCUT2D eigenvalue weighted by Gasteiger charge is 2.14. The molecule has 0 unspecified atom stereocenters. The average Bonchev–Trinajstić information content (AvgIpc) is 2.45. The van der Waals surface area contributed by atoms with Crippen LogP contribution in [-0.4, -0.2) is 80.3 Å². The van der Waals surface area contributed by atoms with Crippen LogP contribution in [0.1, 0.15) is 5.56 Å². The predicted molar refractivity (Wildman–Crippen MR) is 101 cm³/mol. The van der Waals surface area contributed by atoms with Gasteiger partial charge in [0.25, 0.3) is 0 Å². The molecule has 90 valence electrons. The van der Waals surface area contributed by atoms with Gasteiger partial charge in [-0.15, -0.1) is 23.4 Å². The van der Waals surface area contributed by atoms with Crippen molar-refractivity contribution in [2.75, 3.05) is 12.5 Å². The molecule has 0 aliphatic rings. The van der Waals surface area contributed by atoms with E-state index >= 15 is 0 Å². The van der Waals surface area contributed by atoms with Crippen molar-refractivity contribution in [1.29, 1.82) is 0 Å². The molecule has 0 atom stereocenters. The Morgan fingerprint density at radius 3 is 1.95 bits per heavy atom. The largest absolute Gasteiger partial charge is 0.231 e. The minimum Gasteiger partial charge on any atom is -0.231 e. The summed E-state index contributed by atoms with van der Waals surface area (Å²) in [5, 5.41) is 1.78. The zero-order valence-electron chi connectivity index (χ0n) is 11.5. The molecule has 1 aromatic heterocycles. The van der Waals surface area contributed by atoms with E-state index in [4.69, 9.17) is 50.3 Å². The second-order valence-corrected chi connectivity index (χ2v) is 5.59. The van der Waals surface area contributed by atoms with E-state index in [1.807, 2.05) is 12.5 Å². The molecule has 0 aromatic carbocycles. The number of halogens is 1. The van der Waals surface area contributed by atoms with E-state index in [1.165, 1.54) is 11.8 Å². The molecule has 1 aromatic rings. The minimum absolute atomic E-state index is 0.477. The maximum atomic E-state index is 5.71. The van der Waals surface area contributed by atoms with Crippen LogP contribution in [0.25, 0.3) is 0 Å². The van der Waals surface area contributed by atoms with Crippen LogP contribution in [0.15, 0.2) is 16.4 Å². The summed E-state index contributed by atoms with van der Waals surface area (Å²) in [7, 11) is 25.8. The summed E-state index contributed by atoms with van der Waals surface area (Å²) in [6.45, 7) is 0. The monoisotopic (exact) mass is 308 g/mol. The Hall–Kier alpha value is 0.589. The van der Waals surface area contributed by atoms with Gasteiger partial charge in [-0.1, -0.05) is 11.8 Å². The number of hydrogen-bond donors (Lipinski definition) is 0. The lowest BCUT2D eigenvalue weighted by atomic mass is 8.68. The lowest BCUT2D eigenvalue weighted by molar-refractivity contribution is 0.867. The molecule has 1 rings (SSSR count). The number of rotatable bonds is 5. The molecule has 0 amide bonds. The fraction of sp³-hybridized carbons (Fsp3) is 0.429. The Bertz CT molecular complexity index is 391. The fourth-order valence-electron chi connectivity index (χ4n) is 0.999. The molecule has 13 heteroatoms. The van der Waals surface area contributed by atoms with Gasteiger partial charge in [-0.2, -0.15) is 0 Å². The first kappa shape index (κ1) is 20.6. The number of hydrogen-bond acceptors (Lipinski definition) is 4. The summed E-state index contributed by atoms with van der Waals surface area (Å²) in [5.74, 6) is 0.477. The zero-order chi connectivity index (χ0) is 15.7. The lowest BCUT2D eigenvalue weighted by Crippen LogP contribution is -2.52. The van der Waals surface area contributed by atoms with Gasteiger partial charge >= 0.3 is 0 Å². The van der Waals surface area contributed by atoms with Gasteiger partial charge in [-0.25, -0.2) is 9.97 Å². The van der Waals surface area contributed by atoms with Crippen LogP contribution in [0, 0.1) is 0 Å². The van der Waals surface area contributed by atoms with Gasteiger partial charge in [0, 0.05) is 69.6 Å². The van der Waals surface area contributed by atoms with Gasteiger partial charge in [-0.3, -0.25) is 0 Å². The molecule has 0 aliphatic heterocycles. The number of aromatic nitrogens is 2. The van der Waals surface area contributed by atoms with Crippen molar-refractivity contribution in [3.05, 3.63) is 11.8 Å². The predicted octanol–water partition coefficient (Wildman–Crippen LogP) is -0.387. The number of thioether (sulfide) groups is 2. The number of alkyl halides is 1. The molecule has 1 heterocycles. The molecule has 2 nitrogen and oxygen atoms in total. The summed E-state index contributed by atoms with van der Waals surface area (Å²) in [6.07, 6.45) is 3.96. The zero-order valence-corrected chi connectivity index (χ0v) is 13.9. The molecule has 0 spiro atoms. The third-order valence-electron chi connectivity index (χ3n) is 2.21. The van der Waals surface area contributed by atoms with Crippen LogP contribution in [-0.2, 0) is 5.88 Å². The molecular weight excluding hydrogens is 298 g/mol. The van der Waals surface area contributed by atoms with E-state index in [2.05, 4.69) is 9.97 Å². The summed E-state index contributed by atoms with van der Waals surface area (Å²) < 4.78 is 0. The van der Waals surface area contributed by atoms with E-state index in [9.17, 15) is 0 Å². The van der Waals surface area contributed by atoms with E-state index in [1.54, 1.807) is 18.0 Å². The molecule has 0 bridgehead atoms. The maximum Gasteiger partial charge on any atom is 0.188 e. The first-order valence-corrected chi connectivity index (χ1v) is 8.63. The third kappa shape index (κ3) is 7.56. The van der Waals surface area contributed by atoms with Crippen LogP contribution in [0.4, 0.5) is 0 Å². The topological polar surface area (TPSA) is 25.8 Å². The molecular formula is C7H9B8ClN2S2. The van der Waals surface area contributed by atoms with E-state index < -0.39 is 19.2 Å². The average molecular weight is 307 g/mol. The number of nitrogens with zero attached hydrogens (tertiary/aromatic N) is 2. The molecule has 0 fully saturated rings. The van der Waals surface area contributed by atoms with Crippen LogP contribution in [0.2, 0.25) is 0 Å². The fourth-order valence-corrected chi connectivity index (χ4v) is 2.24. The van der Waals surface area contributed by atoms with Crippen LogP contribution < -0.4 is 0 Å². The highest BCUT2D eigenvalue weighted by atomic mass is 35.5. The highest BCUT2D eigenvalue weighted by molar-refractivity contribution is 7.99. The SMILES string of the molecule is CSc1ncc(CCl)c(SC)n1.[B]B([B])B([B])B([B])[B]. The third-order valence-corrected chi connectivity index (χ3v) is 3.80. The van der Waals surface area contributed by atoms with Gasteiger partial charge < -0.3 is 0 Å². The van der Waals surface area contributed by atoms with Crippen molar-refractivity contribution in [3.63, 3.8) is 0 Å². The standard InChI is InChI=1S/C7H9ClN2S2.B8/c1-11-6-5(3-8)4-9-7(10-6)12-2;1-6(2)8(5)7(3)4/h4H,3H2,1-2H3;. The summed E-state index contributed by atoms with van der Waals surface area (Å²) in [5.41, 5.74) is 1.00. The molecule has 10 radical (unpaired) electrons. The minimum atomic E-state index is -0.630. The molecule has 20 heavy (non-hydrogen) atoms. The van der Waals surface area contributed by atoms with Gasteiger partial charge in [0.05, 0.1) is 5.88 Å². The maximum absolute atomic E-state index is 5.71. The van der Waals surface area contributed by atoms with Crippen molar-refractivity contribution in [3.8, 4) is 0 Å². The van der Waals surface area contributed by atoms with Crippen LogP contribution >= 0.6 is 35.1 Å². The van der Waals surface area contributed by atoms with Crippen molar-refractivity contribution >= 4 is 93.0 Å². The van der Waals surface area contributed by atoms with Crippen molar-refractivity contribution in [1.82, 2.24) is 9.97 Å². The Labute approximate surface area is 143 Å². The second-order valence-electron chi connectivity index (χ2n) is 3.76. The van der Waals surface area contributed by atoms with Gasteiger partial charge in [0.1, 0.15) is 5.03 Å². The normalized spacial score (nSPS) is 9.35. The second kappa shape index (κ2) is 11.2. The van der Waals surface area contributed by atoms with Crippen molar-refractivity contribution < 1.29 is 0 Å². The lowest BCUT2D eigenvalue weighted by Gasteiger charge is -2.13. The Morgan fingerprint density at radius 2 is 1.65 bits per heavy atom. The Balaban J connectivity index is 0.000000396. The van der Waals surface area contributed by atoms with E-state index in [0.717, 1.165) is 15.7 Å². The first-order valence-electron chi connectivity index (χ1n) is 5.65. The van der Waals surface area contributed by atoms with E-state index in [0.29, 0.717) is 5.88 Å². The quantitative estimate of drug-likeness (QED) is 0.243. The van der Waals surface area contributed by atoms with Crippen LogP contribution in [0.3, 0.4) is 0 Å². The van der Waals surface area contributed by atoms with Gasteiger partial charge in [0.15, 0.2) is 5.16 Å². The Kier molecular flexibility index (Phi) is 11.5.